The number of hydrogen-bond acceptors (Lipinski definition) is 5. The summed E-state index contributed by atoms with van der Waals surface area (Å²) in [7, 11) is 0. The van der Waals surface area contributed by atoms with Crippen LogP contribution in [0, 0.1) is 0 Å². The van der Waals surface area contributed by atoms with E-state index < -0.39 is 5.91 Å². The molecule has 2 aromatic rings. The Kier molecular flexibility index (Phi) is 4.49. The summed E-state index contributed by atoms with van der Waals surface area (Å²) in [5.41, 5.74) is 8.52. The monoisotopic (exact) mass is 309 g/mol. The standard InChI is InChI=1S/C12H9Cl2N5O/c13-8-2-1-7(5-9(8)14)6-18-19-12(20)10-11(15)17-4-3-16-10/h1-6H,(H2,15,17)(H,19,20)/b18-6+. The SMILES string of the molecule is Nc1nccnc1C(=O)N/N=C/c1ccc(Cl)c(Cl)c1. The number of carbonyl (C=O) groups excluding carboxylic acids is 1. The zero-order chi connectivity index (χ0) is 14.5. The summed E-state index contributed by atoms with van der Waals surface area (Å²) in [5.74, 6) is -0.512. The summed E-state index contributed by atoms with van der Waals surface area (Å²) in [6.07, 6.45) is 4.19. The first-order valence-corrected chi connectivity index (χ1v) is 6.18. The number of halogens is 2. The van der Waals surface area contributed by atoms with Crippen LogP contribution >= 0.6 is 23.2 Å². The molecule has 102 valence electrons. The molecule has 0 aliphatic carbocycles. The van der Waals surface area contributed by atoms with Gasteiger partial charge in [-0.2, -0.15) is 5.10 Å². The van der Waals surface area contributed by atoms with Gasteiger partial charge in [-0.3, -0.25) is 4.79 Å². The van der Waals surface area contributed by atoms with Gasteiger partial charge in [0.25, 0.3) is 5.91 Å². The molecule has 2 rings (SSSR count). The number of anilines is 1. The van der Waals surface area contributed by atoms with E-state index in [9.17, 15) is 4.79 Å². The van der Waals surface area contributed by atoms with E-state index in [-0.39, 0.29) is 11.5 Å². The molecule has 3 N–H and O–H groups in total. The first kappa shape index (κ1) is 14.2. The van der Waals surface area contributed by atoms with E-state index >= 15 is 0 Å². The van der Waals surface area contributed by atoms with E-state index in [1.807, 2.05) is 0 Å². The summed E-state index contributed by atoms with van der Waals surface area (Å²) >= 11 is 11.6. The van der Waals surface area contributed by atoms with Crippen molar-refractivity contribution in [2.45, 2.75) is 0 Å². The van der Waals surface area contributed by atoms with Crippen molar-refractivity contribution in [2.75, 3.05) is 5.73 Å². The second-order valence-corrected chi connectivity index (χ2v) is 4.48. The van der Waals surface area contributed by atoms with Crippen molar-refractivity contribution < 1.29 is 4.79 Å². The summed E-state index contributed by atoms with van der Waals surface area (Å²) in [6, 6.07) is 4.96. The van der Waals surface area contributed by atoms with Crippen LogP contribution in [0.5, 0.6) is 0 Å². The lowest BCUT2D eigenvalue weighted by atomic mass is 10.2. The predicted octanol–water partition coefficient (Wildman–Crippen LogP) is 2.13. The highest BCUT2D eigenvalue weighted by molar-refractivity contribution is 6.42. The van der Waals surface area contributed by atoms with Gasteiger partial charge < -0.3 is 5.73 Å². The minimum atomic E-state index is -0.549. The Morgan fingerprint density at radius 1 is 1.25 bits per heavy atom. The van der Waals surface area contributed by atoms with Crippen LogP contribution in [0.1, 0.15) is 16.1 Å². The average molecular weight is 310 g/mol. The number of benzene rings is 1. The number of carbonyl (C=O) groups is 1. The predicted molar refractivity (Wildman–Crippen MR) is 78.0 cm³/mol. The molecule has 0 spiro atoms. The summed E-state index contributed by atoms with van der Waals surface area (Å²) in [4.78, 5) is 19.3. The van der Waals surface area contributed by atoms with Crippen LogP contribution in [0.3, 0.4) is 0 Å². The molecule has 6 nitrogen and oxygen atoms in total. The molecule has 0 saturated carbocycles. The number of hydrogen-bond donors (Lipinski definition) is 2. The molecule has 0 atom stereocenters. The van der Waals surface area contributed by atoms with Crippen molar-refractivity contribution in [3.8, 4) is 0 Å². The number of nitrogen functional groups attached to an aromatic ring is 1. The van der Waals surface area contributed by atoms with Crippen molar-refractivity contribution in [3.05, 3.63) is 51.9 Å². The van der Waals surface area contributed by atoms with Crippen LogP contribution in [0.15, 0.2) is 35.7 Å². The molecule has 0 unspecified atom stereocenters. The maximum Gasteiger partial charge on any atom is 0.293 e. The molecular formula is C12H9Cl2N5O. The van der Waals surface area contributed by atoms with Crippen molar-refractivity contribution >= 4 is 41.1 Å². The Bertz CT molecular complexity index is 675. The summed E-state index contributed by atoms with van der Waals surface area (Å²) in [5, 5.41) is 4.63. The van der Waals surface area contributed by atoms with Crippen LogP contribution in [0.4, 0.5) is 5.82 Å². The second kappa shape index (κ2) is 6.31. The van der Waals surface area contributed by atoms with Gasteiger partial charge in [0, 0.05) is 12.4 Å². The van der Waals surface area contributed by atoms with Gasteiger partial charge >= 0.3 is 0 Å². The lowest BCUT2D eigenvalue weighted by molar-refractivity contribution is 0.0951. The molecule has 0 radical (unpaired) electrons. The minimum Gasteiger partial charge on any atom is -0.382 e. The molecule has 20 heavy (non-hydrogen) atoms. The zero-order valence-corrected chi connectivity index (χ0v) is 11.6. The molecule has 0 saturated heterocycles. The van der Waals surface area contributed by atoms with Crippen LogP contribution < -0.4 is 11.2 Å². The minimum absolute atomic E-state index is 0.0128. The van der Waals surface area contributed by atoms with Crippen molar-refractivity contribution in [2.24, 2.45) is 5.10 Å². The third-order valence-corrected chi connectivity index (χ3v) is 3.00. The van der Waals surface area contributed by atoms with Gasteiger partial charge in [-0.1, -0.05) is 29.3 Å². The zero-order valence-electron chi connectivity index (χ0n) is 10.0. The van der Waals surface area contributed by atoms with Gasteiger partial charge in [-0.05, 0) is 17.7 Å². The maximum absolute atomic E-state index is 11.7. The number of nitrogens with two attached hydrogens (primary N) is 1. The van der Waals surface area contributed by atoms with Crippen molar-refractivity contribution in [1.29, 1.82) is 0 Å². The fraction of sp³-hybridized carbons (Fsp3) is 0. The molecule has 1 aromatic heterocycles. The molecule has 0 bridgehead atoms. The smallest absolute Gasteiger partial charge is 0.293 e. The molecule has 1 heterocycles. The van der Waals surface area contributed by atoms with Gasteiger partial charge in [-0.25, -0.2) is 15.4 Å². The lowest BCUT2D eigenvalue weighted by Gasteiger charge is -2.01. The molecule has 0 aliphatic rings. The highest BCUT2D eigenvalue weighted by atomic mass is 35.5. The Labute approximate surface area is 124 Å². The Morgan fingerprint density at radius 2 is 2.00 bits per heavy atom. The number of aromatic nitrogens is 2. The number of rotatable bonds is 3. The molecule has 8 heteroatoms. The van der Waals surface area contributed by atoms with E-state index in [1.165, 1.54) is 18.6 Å². The summed E-state index contributed by atoms with van der Waals surface area (Å²) < 4.78 is 0. The van der Waals surface area contributed by atoms with Crippen LogP contribution in [-0.2, 0) is 0 Å². The van der Waals surface area contributed by atoms with Gasteiger partial charge in [0.15, 0.2) is 11.5 Å². The molecule has 0 aliphatic heterocycles. The third kappa shape index (κ3) is 3.43. The van der Waals surface area contributed by atoms with Gasteiger partial charge in [0.2, 0.25) is 0 Å². The van der Waals surface area contributed by atoms with Gasteiger partial charge in [0.1, 0.15) is 0 Å². The topological polar surface area (TPSA) is 93.3 Å². The Morgan fingerprint density at radius 3 is 2.70 bits per heavy atom. The largest absolute Gasteiger partial charge is 0.382 e. The highest BCUT2D eigenvalue weighted by Crippen LogP contribution is 2.21. The van der Waals surface area contributed by atoms with Crippen molar-refractivity contribution in [1.82, 2.24) is 15.4 Å². The van der Waals surface area contributed by atoms with E-state index in [0.717, 1.165) is 0 Å². The third-order valence-electron chi connectivity index (χ3n) is 2.26. The van der Waals surface area contributed by atoms with E-state index in [1.54, 1.807) is 18.2 Å². The van der Waals surface area contributed by atoms with Crippen molar-refractivity contribution in [3.63, 3.8) is 0 Å². The van der Waals surface area contributed by atoms with Crippen LogP contribution in [-0.4, -0.2) is 22.1 Å². The summed E-state index contributed by atoms with van der Waals surface area (Å²) in [6.45, 7) is 0. The molecule has 1 aromatic carbocycles. The highest BCUT2D eigenvalue weighted by Gasteiger charge is 2.10. The quantitative estimate of drug-likeness (QED) is 0.671. The van der Waals surface area contributed by atoms with E-state index in [4.69, 9.17) is 28.9 Å². The molecule has 0 fully saturated rings. The van der Waals surface area contributed by atoms with Crippen LogP contribution in [0.25, 0.3) is 0 Å². The lowest BCUT2D eigenvalue weighted by Crippen LogP contribution is -2.21. The molecular weight excluding hydrogens is 301 g/mol. The van der Waals surface area contributed by atoms with Crippen LogP contribution in [0.2, 0.25) is 10.0 Å². The van der Waals surface area contributed by atoms with E-state index in [2.05, 4.69) is 20.5 Å². The fourth-order valence-electron chi connectivity index (χ4n) is 1.33. The van der Waals surface area contributed by atoms with Gasteiger partial charge in [-0.15, -0.1) is 0 Å². The van der Waals surface area contributed by atoms with E-state index in [0.29, 0.717) is 15.6 Å². The first-order chi connectivity index (χ1) is 9.58. The number of nitrogens with zero attached hydrogens (tertiary/aromatic N) is 3. The first-order valence-electron chi connectivity index (χ1n) is 5.43. The van der Waals surface area contributed by atoms with Gasteiger partial charge in [0.05, 0.1) is 16.3 Å². The molecule has 1 amide bonds. The Balaban J connectivity index is 2.05. The number of amides is 1. The Hall–Kier alpha value is -2.18. The fourth-order valence-corrected chi connectivity index (χ4v) is 1.64. The number of nitrogens with one attached hydrogen (secondary N) is 1. The second-order valence-electron chi connectivity index (χ2n) is 3.66. The average Bonchev–Trinajstić information content (AvgIpc) is 2.43. The normalized spacial score (nSPS) is 10.7. The number of hydrazone groups is 1. The maximum atomic E-state index is 11.7.